The second-order valence-corrected chi connectivity index (χ2v) is 7.50. The third-order valence-electron chi connectivity index (χ3n) is 5.47. The zero-order chi connectivity index (χ0) is 20.5. The molecule has 2 aromatic carbocycles. The highest BCUT2D eigenvalue weighted by molar-refractivity contribution is 5.96. The normalized spacial score (nSPS) is 16.0. The van der Waals surface area contributed by atoms with E-state index in [-0.39, 0.29) is 24.4 Å². The van der Waals surface area contributed by atoms with E-state index >= 15 is 0 Å². The van der Waals surface area contributed by atoms with Crippen molar-refractivity contribution >= 4 is 11.7 Å². The molecule has 0 bridgehead atoms. The summed E-state index contributed by atoms with van der Waals surface area (Å²) in [4.78, 5) is 23.9. The second-order valence-electron chi connectivity index (χ2n) is 7.50. The van der Waals surface area contributed by atoms with Gasteiger partial charge in [0.25, 0.3) is 5.91 Å². The number of amides is 1. The standard InChI is InChI=1S/C23H21FN4O2/c24-19-9-5-4-8-16(19)14-30-17-12-28(13-17)22-18-10-11-25-23(29)20(18)26-21(27-22)15-6-2-1-3-7-15/h1-9,17H,10-14H2,(H,25,29). The Morgan fingerprint density at radius 3 is 2.63 bits per heavy atom. The van der Waals surface area contributed by atoms with Gasteiger partial charge in [-0.05, 0) is 12.5 Å². The van der Waals surface area contributed by atoms with Crippen LogP contribution in [0.3, 0.4) is 0 Å². The molecule has 30 heavy (non-hydrogen) atoms. The van der Waals surface area contributed by atoms with E-state index in [1.54, 1.807) is 18.2 Å². The van der Waals surface area contributed by atoms with Crippen molar-refractivity contribution in [2.75, 3.05) is 24.5 Å². The molecule has 7 heteroatoms. The van der Waals surface area contributed by atoms with Gasteiger partial charge in [0.2, 0.25) is 0 Å². The Kier molecular flexibility index (Phi) is 4.88. The third kappa shape index (κ3) is 3.52. The van der Waals surface area contributed by atoms with Crippen LogP contribution in [0.2, 0.25) is 0 Å². The van der Waals surface area contributed by atoms with Gasteiger partial charge in [0.15, 0.2) is 5.82 Å². The minimum absolute atomic E-state index is 0.00665. The fourth-order valence-corrected chi connectivity index (χ4v) is 3.79. The average molecular weight is 404 g/mol. The maximum absolute atomic E-state index is 13.8. The topological polar surface area (TPSA) is 67.4 Å². The van der Waals surface area contributed by atoms with Crippen molar-refractivity contribution in [1.82, 2.24) is 15.3 Å². The van der Waals surface area contributed by atoms with Crippen LogP contribution in [0.25, 0.3) is 11.4 Å². The molecular weight excluding hydrogens is 383 g/mol. The highest BCUT2D eigenvalue weighted by Gasteiger charge is 2.34. The van der Waals surface area contributed by atoms with Crippen LogP contribution in [0, 0.1) is 5.82 Å². The number of hydrogen-bond acceptors (Lipinski definition) is 5. The molecule has 1 fully saturated rings. The van der Waals surface area contributed by atoms with Crippen LogP contribution >= 0.6 is 0 Å². The van der Waals surface area contributed by atoms with Crippen molar-refractivity contribution in [3.05, 3.63) is 77.2 Å². The van der Waals surface area contributed by atoms with E-state index in [4.69, 9.17) is 9.72 Å². The SMILES string of the molecule is O=C1NCCc2c1nc(-c1ccccc1)nc2N1CC(OCc2ccccc2F)C1. The summed E-state index contributed by atoms with van der Waals surface area (Å²) >= 11 is 0. The van der Waals surface area contributed by atoms with Crippen LogP contribution in [-0.4, -0.2) is 41.6 Å². The Bertz CT molecular complexity index is 1080. The number of benzene rings is 2. The van der Waals surface area contributed by atoms with Crippen molar-refractivity contribution in [1.29, 1.82) is 0 Å². The Morgan fingerprint density at radius 2 is 1.83 bits per heavy atom. The molecule has 3 heterocycles. The molecule has 0 spiro atoms. The molecule has 0 radical (unpaired) electrons. The van der Waals surface area contributed by atoms with E-state index in [0.717, 1.165) is 16.9 Å². The number of ether oxygens (including phenoxy) is 1. The van der Waals surface area contributed by atoms with Gasteiger partial charge in [0, 0.05) is 36.3 Å². The molecule has 3 aromatic rings. The lowest BCUT2D eigenvalue weighted by Crippen LogP contribution is -2.53. The minimum Gasteiger partial charge on any atom is -0.370 e. The van der Waals surface area contributed by atoms with Crippen molar-refractivity contribution in [2.45, 2.75) is 19.1 Å². The van der Waals surface area contributed by atoms with E-state index < -0.39 is 0 Å². The number of carbonyl (C=O) groups excluding carboxylic acids is 1. The molecule has 0 atom stereocenters. The Balaban J connectivity index is 1.36. The molecule has 5 rings (SSSR count). The largest absolute Gasteiger partial charge is 0.370 e. The second kappa shape index (κ2) is 7.84. The molecule has 1 saturated heterocycles. The number of fused-ring (bicyclic) bond motifs is 1. The van der Waals surface area contributed by atoms with Crippen molar-refractivity contribution in [2.24, 2.45) is 0 Å². The number of halogens is 1. The van der Waals surface area contributed by atoms with E-state index in [9.17, 15) is 9.18 Å². The van der Waals surface area contributed by atoms with Gasteiger partial charge in [-0.2, -0.15) is 0 Å². The van der Waals surface area contributed by atoms with Crippen LogP contribution in [0.15, 0.2) is 54.6 Å². The summed E-state index contributed by atoms with van der Waals surface area (Å²) in [6.45, 7) is 2.11. The van der Waals surface area contributed by atoms with Gasteiger partial charge in [-0.25, -0.2) is 14.4 Å². The first-order valence-corrected chi connectivity index (χ1v) is 10.0. The van der Waals surface area contributed by atoms with E-state index in [1.165, 1.54) is 6.07 Å². The number of rotatable bonds is 5. The minimum atomic E-state index is -0.253. The summed E-state index contributed by atoms with van der Waals surface area (Å²) < 4.78 is 19.7. The highest BCUT2D eigenvalue weighted by Crippen LogP contribution is 2.31. The monoisotopic (exact) mass is 404 g/mol. The van der Waals surface area contributed by atoms with E-state index in [1.807, 2.05) is 30.3 Å². The molecule has 0 saturated carbocycles. The van der Waals surface area contributed by atoms with Crippen LogP contribution in [0.5, 0.6) is 0 Å². The van der Waals surface area contributed by atoms with Crippen LogP contribution < -0.4 is 10.2 Å². The zero-order valence-electron chi connectivity index (χ0n) is 16.3. The Hall–Kier alpha value is -3.32. The predicted molar refractivity (Wildman–Crippen MR) is 111 cm³/mol. The number of aromatic nitrogens is 2. The number of anilines is 1. The van der Waals surface area contributed by atoms with Gasteiger partial charge in [-0.3, -0.25) is 4.79 Å². The van der Waals surface area contributed by atoms with Crippen LogP contribution in [0.1, 0.15) is 21.6 Å². The maximum atomic E-state index is 13.8. The summed E-state index contributed by atoms with van der Waals surface area (Å²) in [6, 6.07) is 16.3. The summed E-state index contributed by atoms with van der Waals surface area (Å²) in [5.41, 5.74) is 2.75. The molecule has 0 aliphatic carbocycles. The fraction of sp³-hybridized carbons (Fsp3) is 0.261. The zero-order valence-corrected chi connectivity index (χ0v) is 16.3. The molecule has 6 nitrogen and oxygen atoms in total. The molecular formula is C23H21FN4O2. The molecule has 0 unspecified atom stereocenters. The van der Waals surface area contributed by atoms with Gasteiger partial charge in [0.05, 0.1) is 12.7 Å². The number of nitrogens with one attached hydrogen (secondary N) is 1. The lowest BCUT2D eigenvalue weighted by atomic mass is 10.0. The fourth-order valence-electron chi connectivity index (χ4n) is 3.79. The lowest BCUT2D eigenvalue weighted by Gasteiger charge is -2.41. The first kappa shape index (κ1) is 18.7. The van der Waals surface area contributed by atoms with E-state index in [2.05, 4.69) is 15.2 Å². The third-order valence-corrected chi connectivity index (χ3v) is 5.47. The van der Waals surface area contributed by atoms with Crippen molar-refractivity contribution in [3.63, 3.8) is 0 Å². The first-order valence-electron chi connectivity index (χ1n) is 10.0. The van der Waals surface area contributed by atoms with Crippen molar-refractivity contribution in [3.8, 4) is 11.4 Å². The molecule has 152 valence electrons. The maximum Gasteiger partial charge on any atom is 0.270 e. The summed E-state index contributed by atoms with van der Waals surface area (Å²) in [5.74, 6) is 0.915. The molecule has 2 aliphatic heterocycles. The summed E-state index contributed by atoms with van der Waals surface area (Å²) in [7, 11) is 0. The van der Waals surface area contributed by atoms with E-state index in [0.29, 0.717) is 43.1 Å². The van der Waals surface area contributed by atoms with Crippen LogP contribution in [0.4, 0.5) is 10.2 Å². The lowest BCUT2D eigenvalue weighted by molar-refractivity contribution is 0.0207. The van der Waals surface area contributed by atoms with Gasteiger partial charge in [-0.1, -0.05) is 48.5 Å². The van der Waals surface area contributed by atoms with Crippen molar-refractivity contribution < 1.29 is 13.9 Å². The molecule has 1 aromatic heterocycles. The van der Waals surface area contributed by atoms with Gasteiger partial charge < -0.3 is 15.0 Å². The smallest absolute Gasteiger partial charge is 0.270 e. The Labute approximate surface area is 173 Å². The number of hydrogen-bond donors (Lipinski definition) is 1. The van der Waals surface area contributed by atoms with Gasteiger partial charge >= 0.3 is 0 Å². The quantitative estimate of drug-likeness (QED) is 0.708. The summed E-state index contributed by atoms with van der Waals surface area (Å²) in [6.07, 6.45) is 0.690. The van der Waals surface area contributed by atoms with Crippen LogP contribution in [-0.2, 0) is 17.8 Å². The van der Waals surface area contributed by atoms with Gasteiger partial charge in [-0.15, -0.1) is 0 Å². The predicted octanol–water partition coefficient (Wildman–Crippen LogP) is 2.97. The summed E-state index contributed by atoms with van der Waals surface area (Å²) in [5, 5.41) is 2.86. The highest BCUT2D eigenvalue weighted by atomic mass is 19.1. The first-order chi connectivity index (χ1) is 14.7. The average Bonchev–Trinajstić information content (AvgIpc) is 2.75. The number of nitrogens with zero attached hydrogens (tertiary/aromatic N) is 3. The van der Waals surface area contributed by atoms with Gasteiger partial charge in [0.1, 0.15) is 17.3 Å². The molecule has 2 aliphatic rings. The Morgan fingerprint density at radius 1 is 1.07 bits per heavy atom. The molecule has 1 amide bonds. The molecule has 1 N–H and O–H groups in total. The number of carbonyl (C=O) groups is 1.